The predicted octanol–water partition coefficient (Wildman–Crippen LogP) is 2.07. The standard InChI is InChI=1S/C12H16N2O/c1-8-7-12(14-9(2)15)10-5-3-4-6-11(10)13-8/h3-6,8,12-13H,7H2,1-2H3,(H,14,15). The van der Waals surface area contributed by atoms with Crippen LogP contribution in [0.15, 0.2) is 24.3 Å². The maximum Gasteiger partial charge on any atom is 0.217 e. The summed E-state index contributed by atoms with van der Waals surface area (Å²) in [6, 6.07) is 8.68. The Labute approximate surface area is 89.9 Å². The Hall–Kier alpha value is -1.51. The number of carbonyl (C=O) groups is 1. The van der Waals surface area contributed by atoms with Gasteiger partial charge in [-0.05, 0) is 25.0 Å². The molecule has 0 saturated carbocycles. The molecule has 0 aliphatic carbocycles. The number of amides is 1. The molecule has 2 N–H and O–H groups in total. The van der Waals surface area contributed by atoms with Crippen LogP contribution in [-0.2, 0) is 4.79 Å². The van der Waals surface area contributed by atoms with Crippen molar-refractivity contribution < 1.29 is 4.79 Å². The van der Waals surface area contributed by atoms with E-state index in [2.05, 4.69) is 29.7 Å². The van der Waals surface area contributed by atoms with Crippen LogP contribution < -0.4 is 10.6 Å². The van der Waals surface area contributed by atoms with Gasteiger partial charge >= 0.3 is 0 Å². The van der Waals surface area contributed by atoms with E-state index >= 15 is 0 Å². The van der Waals surface area contributed by atoms with Gasteiger partial charge in [0, 0.05) is 18.7 Å². The zero-order valence-electron chi connectivity index (χ0n) is 9.08. The van der Waals surface area contributed by atoms with Crippen molar-refractivity contribution >= 4 is 11.6 Å². The number of benzene rings is 1. The normalized spacial score (nSPS) is 23.9. The van der Waals surface area contributed by atoms with E-state index in [4.69, 9.17) is 0 Å². The average molecular weight is 204 g/mol. The first-order chi connectivity index (χ1) is 7.16. The Bertz CT molecular complexity index is 376. The number of nitrogens with one attached hydrogen (secondary N) is 2. The van der Waals surface area contributed by atoms with E-state index in [1.165, 1.54) is 5.56 Å². The lowest BCUT2D eigenvalue weighted by molar-refractivity contribution is -0.119. The maximum absolute atomic E-state index is 11.1. The SMILES string of the molecule is CC(=O)NC1CC(C)Nc2ccccc21. The van der Waals surface area contributed by atoms with Gasteiger partial charge in [-0.1, -0.05) is 18.2 Å². The van der Waals surface area contributed by atoms with E-state index in [0.29, 0.717) is 6.04 Å². The van der Waals surface area contributed by atoms with Gasteiger partial charge in [0.1, 0.15) is 0 Å². The summed E-state index contributed by atoms with van der Waals surface area (Å²) in [4.78, 5) is 11.1. The molecule has 15 heavy (non-hydrogen) atoms. The molecule has 0 fully saturated rings. The molecule has 3 heteroatoms. The Morgan fingerprint density at radius 1 is 1.47 bits per heavy atom. The Morgan fingerprint density at radius 3 is 2.93 bits per heavy atom. The van der Waals surface area contributed by atoms with Gasteiger partial charge in [-0.25, -0.2) is 0 Å². The van der Waals surface area contributed by atoms with Crippen molar-refractivity contribution in [1.82, 2.24) is 5.32 Å². The fraction of sp³-hybridized carbons (Fsp3) is 0.417. The maximum atomic E-state index is 11.1. The highest BCUT2D eigenvalue weighted by Crippen LogP contribution is 2.31. The highest BCUT2D eigenvalue weighted by molar-refractivity contribution is 5.74. The molecule has 0 aromatic heterocycles. The third-order valence-electron chi connectivity index (χ3n) is 2.70. The van der Waals surface area contributed by atoms with Crippen LogP contribution in [0.25, 0.3) is 0 Å². The van der Waals surface area contributed by atoms with Gasteiger partial charge < -0.3 is 10.6 Å². The van der Waals surface area contributed by atoms with Crippen molar-refractivity contribution in [3.8, 4) is 0 Å². The van der Waals surface area contributed by atoms with Gasteiger partial charge in [0.25, 0.3) is 0 Å². The van der Waals surface area contributed by atoms with Crippen LogP contribution in [0.5, 0.6) is 0 Å². The highest BCUT2D eigenvalue weighted by atomic mass is 16.1. The summed E-state index contributed by atoms with van der Waals surface area (Å²) in [5.41, 5.74) is 2.32. The first-order valence-corrected chi connectivity index (χ1v) is 5.29. The second-order valence-corrected chi connectivity index (χ2v) is 4.12. The summed E-state index contributed by atoms with van der Waals surface area (Å²) in [6.07, 6.45) is 0.941. The second kappa shape index (κ2) is 3.93. The minimum absolute atomic E-state index is 0.0314. The van der Waals surface area contributed by atoms with Gasteiger partial charge in [-0.3, -0.25) is 4.79 Å². The number of hydrogen-bond donors (Lipinski definition) is 2. The third-order valence-corrected chi connectivity index (χ3v) is 2.70. The van der Waals surface area contributed by atoms with E-state index in [0.717, 1.165) is 12.1 Å². The van der Waals surface area contributed by atoms with Crippen LogP contribution in [0, 0.1) is 0 Å². The number of carbonyl (C=O) groups excluding carboxylic acids is 1. The zero-order chi connectivity index (χ0) is 10.8. The lowest BCUT2D eigenvalue weighted by atomic mass is 9.94. The van der Waals surface area contributed by atoms with Gasteiger partial charge in [-0.15, -0.1) is 0 Å². The Balaban J connectivity index is 2.29. The van der Waals surface area contributed by atoms with Gasteiger partial charge in [0.2, 0.25) is 5.91 Å². The van der Waals surface area contributed by atoms with Crippen molar-refractivity contribution in [1.29, 1.82) is 0 Å². The summed E-state index contributed by atoms with van der Waals surface area (Å²) >= 11 is 0. The smallest absolute Gasteiger partial charge is 0.217 e. The van der Waals surface area contributed by atoms with Gasteiger partial charge in [0.05, 0.1) is 6.04 Å². The number of rotatable bonds is 1. The summed E-state index contributed by atoms with van der Waals surface area (Å²) in [6.45, 7) is 3.69. The molecule has 1 aromatic carbocycles. The summed E-state index contributed by atoms with van der Waals surface area (Å²) < 4.78 is 0. The van der Waals surface area contributed by atoms with Crippen molar-refractivity contribution in [2.45, 2.75) is 32.4 Å². The predicted molar refractivity (Wildman–Crippen MR) is 60.7 cm³/mol. The van der Waals surface area contributed by atoms with Crippen molar-refractivity contribution in [2.75, 3.05) is 5.32 Å². The van der Waals surface area contributed by atoms with Crippen LogP contribution >= 0.6 is 0 Å². The molecule has 80 valence electrons. The average Bonchev–Trinajstić information content (AvgIpc) is 2.16. The molecule has 2 atom stereocenters. The van der Waals surface area contributed by atoms with Gasteiger partial charge in [-0.2, -0.15) is 0 Å². The number of hydrogen-bond acceptors (Lipinski definition) is 2. The highest BCUT2D eigenvalue weighted by Gasteiger charge is 2.23. The molecule has 3 nitrogen and oxygen atoms in total. The van der Waals surface area contributed by atoms with Crippen LogP contribution in [0.1, 0.15) is 31.9 Å². The first-order valence-electron chi connectivity index (χ1n) is 5.29. The minimum atomic E-state index is 0.0314. The zero-order valence-corrected chi connectivity index (χ0v) is 9.08. The molecule has 2 unspecified atom stereocenters. The topological polar surface area (TPSA) is 41.1 Å². The largest absolute Gasteiger partial charge is 0.382 e. The van der Waals surface area contributed by atoms with Crippen LogP contribution in [0.4, 0.5) is 5.69 Å². The molecular weight excluding hydrogens is 188 g/mol. The second-order valence-electron chi connectivity index (χ2n) is 4.12. The molecule has 2 rings (SSSR count). The summed E-state index contributed by atoms with van der Waals surface area (Å²) in [7, 11) is 0. The van der Waals surface area contributed by atoms with Crippen molar-refractivity contribution in [2.24, 2.45) is 0 Å². The number of para-hydroxylation sites is 1. The molecular formula is C12H16N2O. The van der Waals surface area contributed by atoms with E-state index in [1.54, 1.807) is 6.92 Å². The number of anilines is 1. The fourth-order valence-electron chi connectivity index (χ4n) is 2.12. The molecule has 1 amide bonds. The molecule has 1 aromatic rings. The molecule has 1 heterocycles. The van der Waals surface area contributed by atoms with Crippen molar-refractivity contribution in [3.63, 3.8) is 0 Å². The van der Waals surface area contributed by atoms with E-state index in [9.17, 15) is 4.79 Å². The van der Waals surface area contributed by atoms with Gasteiger partial charge in [0.15, 0.2) is 0 Å². The minimum Gasteiger partial charge on any atom is -0.382 e. The molecule has 0 saturated heterocycles. The first kappa shape index (κ1) is 10.0. The molecule has 1 aliphatic heterocycles. The lowest BCUT2D eigenvalue weighted by Gasteiger charge is -2.31. The summed E-state index contributed by atoms with van der Waals surface area (Å²) in [5, 5.41) is 6.40. The fourth-order valence-corrected chi connectivity index (χ4v) is 2.12. The van der Waals surface area contributed by atoms with Crippen LogP contribution in [-0.4, -0.2) is 11.9 Å². The van der Waals surface area contributed by atoms with E-state index < -0.39 is 0 Å². The van der Waals surface area contributed by atoms with Crippen LogP contribution in [0.2, 0.25) is 0 Å². The molecule has 0 bridgehead atoms. The Kier molecular flexibility index (Phi) is 2.62. The Morgan fingerprint density at radius 2 is 2.20 bits per heavy atom. The van der Waals surface area contributed by atoms with E-state index in [1.807, 2.05) is 12.1 Å². The third kappa shape index (κ3) is 2.12. The monoisotopic (exact) mass is 204 g/mol. The van der Waals surface area contributed by atoms with Crippen molar-refractivity contribution in [3.05, 3.63) is 29.8 Å². The van der Waals surface area contributed by atoms with E-state index in [-0.39, 0.29) is 11.9 Å². The quantitative estimate of drug-likeness (QED) is 0.735. The number of fused-ring (bicyclic) bond motifs is 1. The van der Waals surface area contributed by atoms with Crippen LogP contribution in [0.3, 0.4) is 0 Å². The molecule has 0 spiro atoms. The molecule has 0 radical (unpaired) electrons. The lowest BCUT2D eigenvalue weighted by Crippen LogP contribution is -2.35. The summed E-state index contributed by atoms with van der Waals surface area (Å²) in [5.74, 6) is 0.0314. The molecule has 1 aliphatic rings.